The average Bonchev–Trinajstić information content (AvgIpc) is 2.88. The maximum absolute atomic E-state index is 13.1. The largest absolute Gasteiger partial charge is 0.490 e. The van der Waals surface area contributed by atoms with Gasteiger partial charge in [0, 0.05) is 50.5 Å². The molecule has 3 aromatic carbocycles. The Morgan fingerprint density at radius 3 is 2.33 bits per heavy atom. The number of carbonyl (C=O) groups excluding carboxylic acids is 1. The highest BCUT2D eigenvalue weighted by molar-refractivity contribution is 5.98. The Labute approximate surface area is 217 Å². The van der Waals surface area contributed by atoms with Crippen LogP contribution in [0.15, 0.2) is 72.8 Å². The molecule has 0 saturated carbocycles. The van der Waals surface area contributed by atoms with Crippen LogP contribution in [0.3, 0.4) is 0 Å². The fourth-order valence-electron chi connectivity index (χ4n) is 4.28. The second-order valence-corrected chi connectivity index (χ2v) is 8.89. The summed E-state index contributed by atoms with van der Waals surface area (Å²) in [7, 11) is 0. The molecule has 0 spiro atoms. The lowest BCUT2D eigenvalue weighted by molar-refractivity contribution is 0.0655. The summed E-state index contributed by atoms with van der Waals surface area (Å²) in [4.78, 5) is 17.3. The molecule has 8 heteroatoms. The molecule has 3 aromatic rings. The number of hydrogen-bond donors (Lipinski definition) is 2. The van der Waals surface area contributed by atoms with Gasteiger partial charge < -0.3 is 20.5 Å². The Hall–Kier alpha value is -3.13. The molecule has 1 heterocycles. The van der Waals surface area contributed by atoms with E-state index in [1.807, 2.05) is 30.3 Å². The van der Waals surface area contributed by atoms with E-state index in [1.165, 1.54) is 12.1 Å². The van der Waals surface area contributed by atoms with Crippen LogP contribution in [0.4, 0.5) is 15.8 Å². The first kappa shape index (κ1) is 27.5. The van der Waals surface area contributed by atoms with Crippen LogP contribution in [0.5, 0.6) is 5.75 Å². The number of benzene rings is 3. The number of carbonyl (C=O) groups is 1. The number of ether oxygens (including phenoxy) is 1. The summed E-state index contributed by atoms with van der Waals surface area (Å²) >= 11 is 0. The van der Waals surface area contributed by atoms with Gasteiger partial charge in [0.2, 0.25) is 0 Å². The minimum absolute atomic E-state index is 0. The Morgan fingerprint density at radius 2 is 1.64 bits per heavy atom. The number of aliphatic hydroxyl groups excluding tert-OH is 1. The fraction of sp³-hybridized carbons (Fsp3) is 0.321. The molecule has 3 N–H and O–H groups in total. The predicted octanol–water partition coefficient (Wildman–Crippen LogP) is 4.21. The molecular weight excluding hydrogens is 481 g/mol. The zero-order chi connectivity index (χ0) is 24.6. The number of rotatable bonds is 10. The number of aliphatic hydroxyl groups is 1. The topological polar surface area (TPSA) is 79.0 Å². The fourth-order valence-corrected chi connectivity index (χ4v) is 4.28. The van der Waals surface area contributed by atoms with Crippen molar-refractivity contribution in [1.82, 2.24) is 4.90 Å². The van der Waals surface area contributed by atoms with Crippen molar-refractivity contribution in [3.63, 3.8) is 0 Å². The highest BCUT2D eigenvalue weighted by atomic mass is 35.5. The van der Waals surface area contributed by atoms with Gasteiger partial charge in [0.1, 0.15) is 24.3 Å². The van der Waals surface area contributed by atoms with E-state index in [-0.39, 0.29) is 30.6 Å². The lowest BCUT2D eigenvalue weighted by Crippen LogP contribution is -2.49. The molecule has 1 aliphatic heterocycles. The van der Waals surface area contributed by atoms with Crippen LogP contribution in [0.2, 0.25) is 0 Å². The van der Waals surface area contributed by atoms with E-state index in [9.17, 15) is 14.3 Å². The first-order valence-electron chi connectivity index (χ1n) is 12.0. The molecule has 0 aromatic heterocycles. The van der Waals surface area contributed by atoms with Crippen LogP contribution >= 0.6 is 12.4 Å². The quantitative estimate of drug-likeness (QED) is 0.312. The smallest absolute Gasteiger partial charge is 0.166 e. The van der Waals surface area contributed by atoms with E-state index in [0.29, 0.717) is 30.7 Å². The molecule has 6 nitrogen and oxygen atoms in total. The summed E-state index contributed by atoms with van der Waals surface area (Å²) < 4.78 is 19.0. The zero-order valence-corrected chi connectivity index (χ0v) is 21.0. The third-order valence-corrected chi connectivity index (χ3v) is 6.27. The number of nitrogens with two attached hydrogens (primary N) is 1. The average molecular weight is 514 g/mol. The summed E-state index contributed by atoms with van der Waals surface area (Å²) in [6.07, 6.45) is 0.158. The Bertz CT molecular complexity index is 1100. The molecular formula is C28H33ClFN3O3. The first-order valence-corrected chi connectivity index (χ1v) is 12.0. The molecule has 1 fully saturated rings. The monoisotopic (exact) mass is 513 g/mol. The zero-order valence-electron chi connectivity index (χ0n) is 20.2. The second-order valence-electron chi connectivity index (χ2n) is 8.89. The van der Waals surface area contributed by atoms with E-state index in [2.05, 4.69) is 9.80 Å². The maximum atomic E-state index is 13.1. The third kappa shape index (κ3) is 7.68. The summed E-state index contributed by atoms with van der Waals surface area (Å²) in [6.45, 7) is 4.07. The van der Waals surface area contributed by atoms with Crippen LogP contribution in [-0.4, -0.2) is 61.2 Å². The van der Waals surface area contributed by atoms with Gasteiger partial charge in [-0.1, -0.05) is 24.3 Å². The van der Waals surface area contributed by atoms with Crippen LogP contribution in [0.1, 0.15) is 22.3 Å². The number of ketones is 1. The van der Waals surface area contributed by atoms with Crippen molar-refractivity contribution < 1.29 is 19.0 Å². The third-order valence-electron chi connectivity index (χ3n) is 6.27. The van der Waals surface area contributed by atoms with Gasteiger partial charge in [-0.2, -0.15) is 0 Å². The van der Waals surface area contributed by atoms with Crippen molar-refractivity contribution in [2.75, 3.05) is 50.0 Å². The lowest BCUT2D eigenvalue weighted by Gasteiger charge is -2.36. The molecule has 192 valence electrons. The first-order chi connectivity index (χ1) is 17.0. The lowest BCUT2D eigenvalue weighted by atomic mass is 10.0. The van der Waals surface area contributed by atoms with E-state index < -0.39 is 6.10 Å². The van der Waals surface area contributed by atoms with Gasteiger partial charge in [-0.3, -0.25) is 9.69 Å². The number of β-amino-alcohol motifs (C(OH)–C–C–N with tert-alkyl or cyclic N) is 1. The van der Waals surface area contributed by atoms with E-state index in [4.69, 9.17) is 10.5 Å². The van der Waals surface area contributed by atoms with Crippen molar-refractivity contribution in [2.24, 2.45) is 0 Å². The molecule has 1 unspecified atom stereocenters. The van der Waals surface area contributed by atoms with E-state index in [0.717, 1.165) is 43.1 Å². The van der Waals surface area contributed by atoms with Crippen molar-refractivity contribution in [3.05, 3.63) is 89.7 Å². The molecule has 0 radical (unpaired) electrons. The Balaban J connectivity index is 0.00000361. The van der Waals surface area contributed by atoms with Crippen LogP contribution < -0.4 is 15.4 Å². The Morgan fingerprint density at radius 1 is 0.972 bits per heavy atom. The number of halogens is 2. The molecule has 1 atom stereocenters. The number of aryl methyl sites for hydroxylation is 1. The molecule has 0 aliphatic carbocycles. The number of hydrogen-bond acceptors (Lipinski definition) is 6. The minimum atomic E-state index is -0.666. The second kappa shape index (κ2) is 13.3. The molecule has 0 bridgehead atoms. The number of nitrogen functional groups attached to an aromatic ring is 1. The Kier molecular flexibility index (Phi) is 10.1. The summed E-state index contributed by atoms with van der Waals surface area (Å²) in [6, 6.07) is 21.2. The molecule has 36 heavy (non-hydrogen) atoms. The van der Waals surface area contributed by atoms with E-state index >= 15 is 0 Å². The molecule has 4 rings (SSSR count). The SMILES string of the molecule is Cl.Nc1ccc(N2CCN(CC(O)COc3ccccc3C(=O)CCc3ccc(F)cc3)CC2)cc1. The molecule has 1 aliphatic rings. The van der Waals surface area contributed by atoms with Crippen molar-refractivity contribution in [1.29, 1.82) is 0 Å². The minimum Gasteiger partial charge on any atom is -0.490 e. The van der Waals surface area contributed by atoms with Gasteiger partial charge in [-0.25, -0.2) is 4.39 Å². The van der Waals surface area contributed by atoms with Gasteiger partial charge in [0.15, 0.2) is 5.78 Å². The van der Waals surface area contributed by atoms with Gasteiger partial charge >= 0.3 is 0 Å². The van der Waals surface area contributed by atoms with Crippen LogP contribution in [0.25, 0.3) is 0 Å². The van der Waals surface area contributed by atoms with Gasteiger partial charge in [-0.15, -0.1) is 12.4 Å². The van der Waals surface area contributed by atoms with Crippen molar-refractivity contribution >= 4 is 29.6 Å². The van der Waals surface area contributed by atoms with Crippen molar-refractivity contribution in [2.45, 2.75) is 18.9 Å². The highest BCUT2D eigenvalue weighted by Crippen LogP contribution is 2.22. The van der Waals surface area contributed by atoms with Gasteiger partial charge in [0.25, 0.3) is 0 Å². The number of Topliss-reactive ketones (excluding diaryl/α,β-unsaturated/α-hetero) is 1. The predicted molar refractivity (Wildman–Crippen MR) is 144 cm³/mol. The van der Waals surface area contributed by atoms with E-state index in [1.54, 1.807) is 30.3 Å². The van der Waals surface area contributed by atoms with Crippen molar-refractivity contribution in [3.8, 4) is 5.75 Å². The maximum Gasteiger partial charge on any atom is 0.166 e. The molecule has 1 saturated heterocycles. The van der Waals surface area contributed by atoms with Gasteiger partial charge in [-0.05, 0) is 60.5 Å². The number of piperazine rings is 1. The number of anilines is 2. The van der Waals surface area contributed by atoms with Crippen LogP contribution in [-0.2, 0) is 6.42 Å². The number of para-hydroxylation sites is 1. The van der Waals surface area contributed by atoms with Gasteiger partial charge in [0.05, 0.1) is 5.56 Å². The standard InChI is InChI=1S/C28H32FN3O3.ClH/c29-22-8-5-21(6-9-22)7-14-27(34)26-3-1-2-4-28(26)35-20-25(33)19-31-15-17-32(18-16-31)24-12-10-23(30)11-13-24;/h1-6,8-13,25,33H,7,14-20,30H2;1H. The summed E-state index contributed by atoms with van der Waals surface area (Å²) in [5, 5.41) is 10.6. The highest BCUT2D eigenvalue weighted by Gasteiger charge is 2.20. The van der Waals surface area contributed by atoms with Crippen LogP contribution in [0, 0.1) is 5.82 Å². The number of nitrogens with zero attached hydrogens (tertiary/aromatic N) is 2. The normalized spacial score (nSPS) is 14.7. The summed E-state index contributed by atoms with van der Waals surface area (Å²) in [5.41, 5.74) is 9.10. The molecule has 0 amide bonds. The summed E-state index contributed by atoms with van der Waals surface area (Å²) in [5.74, 6) is 0.142.